The molecule has 0 saturated carbocycles. The van der Waals surface area contributed by atoms with E-state index in [9.17, 15) is 0 Å². The van der Waals surface area contributed by atoms with Gasteiger partial charge in [-0.3, -0.25) is 5.01 Å². The Balaban J connectivity index is 2.13. The van der Waals surface area contributed by atoms with Crippen molar-refractivity contribution in [3.63, 3.8) is 0 Å². The summed E-state index contributed by atoms with van der Waals surface area (Å²) in [5, 5.41) is 5.91. The molecule has 0 aromatic heterocycles. The second kappa shape index (κ2) is 6.55. The van der Waals surface area contributed by atoms with E-state index in [0.29, 0.717) is 0 Å². The third-order valence-corrected chi connectivity index (χ3v) is 2.94. The molecule has 0 aliphatic rings. The van der Waals surface area contributed by atoms with E-state index >= 15 is 0 Å². The molecule has 0 spiro atoms. The van der Waals surface area contributed by atoms with Crippen LogP contribution in [0.25, 0.3) is 5.57 Å². The van der Waals surface area contributed by atoms with Crippen LogP contribution in [0.15, 0.2) is 72.0 Å². The minimum absolute atomic E-state index is 0.731. The quantitative estimate of drug-likeness (QED) is 0.574. The summed E-state index contributed by atoms with van der Waals surface area (Å²) < 4.78 is 0. The van der Waals surface area contributed by atoms with Crippen LogP contribution in [0, 0.1) is 0 Å². The zero-order chi connectivity index (χ0) is 13.5. The Hall–Kier alpha value is -2.35. The highest BCUT2D eigenvalue weighted by molar-refractivity contribution is 5.63. The van der Waals surface area contributed by atoms with E-state index in [2.05, 4.69) is 43.0 Å². The number of nitrogens with zero attached hydrogens (tertiary/aromatic N) is 2. The molecule has 0 aliphatic heterocycles. The Morgan fingerprint density at radius 1 is 1.05 bits per heavy atom. The Morgan fingerprint density at radius 2 is 1.63 bits per heavy atom. The molecule has 0 saturated heterocycles. The molecule has 2 nitrogen and oxygen atoms in total. The number of rotatable bonds is 5. The van der Waals surface area contributed by atoms with Crippen molar-refractivity contribution in [2.24, 2.45) is 5.10 Å². The van der Waals surface area contributed by atoms with Crippen molar-refractivity contribution < 1.29 is 0 Å². The molecule has 2 rings (SSSR count). The van der Waals surface area contributed by atoms with Crippen molar-refractivity contribution in [3.8, 4) is 0 Å². The van der Waals surface area contributed by atoms with Gasteiger partial charge in [-0.25, -0.2) is 0 Å². The molecule has 2 heteroatoms. The molecule has 0 fully saturated rings. The molecule has 19 heavy (non-hydrogen) atoms. The van der Waals surface area contributed by atoms with Crippen molar-refractivity contribution in [3.05, 3.63) is 78.0 Å². The highest BCUT2D eigenvalue weighted by atomic mass is 15.4. The van der Waals surface area contributed by atoms with Crippen molar-refractivity contribution in [2.75, 3.05) is 0 Å². The summed E-state index contributed by atoms with van der Waals surface area (Å²) in [5.41, 5.74) is 3.58. The molecular weight excluding hydrogens is 232 g/mol. The van der Waals surface area contributed by atoms with E-state index in [1.54, 1.807) is 0 Å². The maximum atomic E-state index is 4.06. The zero-order valence-corrected chi connectivity index (χ0v) is 11.2. The fourth-order valence-electron chi connectivity index (χ4n) is 1.91. The van der Waals surface area contributed by atoms with E-state index in [4.69, 9.17) is 0 Å². The summed E-state index contributed by atoms with van der Waals surface area (Å²) in [5.74, 6) is 0. The van der Waals surface area contributed by atoms with Gasteiger partial charge in [-0.1, -0.05) is 60.7 Å². The normalized spacial score (nSPS) is 11.1. The second-order valence-corrected chi connectivity index (χ2v) is 4.40. The van der Waals surface area contributed by atoms with Crippen molar-refractivity contribution in [2.45, 2.75) is 13.5 Å². The highest BCUT2D eigenvalue weighted by Crippen LogP contribution is 2.15. The lowest BCUT2D eigenvalue weighted by Crippen LogP contribution is -2.09. The first-order valence-corrected chi connectivity index (χ1v) is 6.30. The maximum absolute atomic E-state index is 4.06. The van der Waals surface area contributed by atoms with Gasteiger partial charge in [0.1, 0.15) is 0 Å². The van der Waals surface area contributed by atoms with Gasteiger partial charge in [0.05, 0.1) is 6.54 Å². The Kier molecular flexibility index (Phi) is 4.51. The smallest absolute Gasteiger partial charge is 0.0659 e. The van der Waals surface area contributed by atoms with Gasteiger partial charge in [0.25, 0.3) is 0 Å². The third kappa shape index (κ3) is 3.81. The number of hydrogen-bond donors (Lipinski definition) is 0. The minimum Gasteiger partial charge on any atom is -0.269 e. The predicted molar refractivity (Wildman–Crippen MR) is 81.6 cm³/mol. The van der Waals surface area contributed by atoms with E-state index in [0.717, 1.165) is 6.54 Å². The fraction of sp³-hybridized carbons (Fsp3) is 0.118. The van der Waals surface area contributed by atoms with Crippen molar-refractivity contribution >= 4 is 12.3 Å². The largest absolute Gasteiger partial charge is 0.269 e. The van der Waals surface area contributed by atoms with Gasteiger partial charge < -0.3 is 0 Å². The molecule has 2 aromatic rings. The molecule has 0 aliphatic carbocycles. The van der Waals surface area contributed by atoms with E-state index in [-0.39, 0.29) is 0 Å². The van der Waals surface area contributed by atoms with Crippen LogP contribution < -0.4 is 0 Å². The van der Waals surface area contributed by atoms with Crippen molar-refractivity contribution in [1.29, 1.82) is 0 Å². The summed E-state index contributed by atoms with van der Waals surface area (Å²) in [7, 11) is 0. The fourth-order valence-corrected chi connectivity index (χ4v) is 1.91. The molecular formula is C17H18N2. The van der Waals surface area contributed by atoms with Crippen LogP contribution >= 0.6 is 0 Å². The zero-order valence-electron chi connectivity index (χ0n) is 11.2. The summed E-state index contributed by atoms with van der Waals surface area (Å²) in [4.78, 5) is 0. The standard InChI is InChI=1S/C17H18N2/c1-15(17-11-7-4-8-12-17)13-19(18-2)14-16-9-5-3-6-10-16/h3-13H,2,14H2,1H3/b15-13+. The molecule has 0 atom stereocenters. The molecule has 0 radical (unpaired) electrons. The summed E-state index contributed by atoms with van der Waals surface area (Å²) >= 11 is 0. The van der Waals surface area contributed by atoms with Crippen LogP contribution in [0.1, 0.15) is 18.1 Å². The summed E-state index contributed by atoms with van der Waals surface area (Å²) in [6, 6.07) is 20.5. The van der Waals surface area contributed by atoms with Crippen LogP contribution in [-0.2, 0) is 6.54 Å². The topological polar surface area (TPSA) is 15.6 Å². The van der Waals surface area contributed by atoms with Gasteiger partial charge in [-0.15, -0.1) is 0 Å². The number of allylic oxidation sites excluding steroid dienone is 1. The minimum atomic E-state index is 0.731. The van der Waals surface area contributed by atoms with Gasteiger partial charge in [-0.2, -0.15) is 5.10 Å². The number of hydrogen-bond acceptors (Lipinski definition) is 2. The second-order valence-electron chi connectivity index (χ2n) is 4.40. The first kappa shape index (κ1) is 13.1. The summed E-state index contributed by atoms with van der Waals surface area (Å²) in [6.07, 6.45) is 2.02. The average Bonchev–Trinajstić information content (AvgIpc) is 2.48. The highest BCUT2D eigenvalue weighted by Gasteiger charge is 2.01. The Morgan fingerprint density at radius 3 is 2.21 bits per heavy atom. The Labute approximate surface area is 114 Å². The SMILES string of the molecule is C=NN(/C=C(\C)c1ccccc1)Cc1ccccc1. The van der Waals surface area contributed by atoms with E-state index in [1.165, 1.54) is 16.7 Å². The van der Waals surface area contributed by atoms with Gasteiger partial charge >= 0.3 is 0 Å². The van der Waals surface area contributed by atoms with Gasteiger partial charge in [0.15, 0.2) is 0 Å². The van der Waals surface area contributed by atoms with Crippen LogP contribution in [0.2, 0.25) is 0 Å². The molecule has 0 amide bonds. The van der Waals surface area contributed by atoms with Crippen LogP contribution in [-0.4, -0.2) is 11.7 Å². The molecule has 0 unspecified atom stereocenters. The van der Waals surface area contributed by atoms with Crippen molar-refractivity contribution in [1.82, 2.24) is 5.01 Å². The monoisotopic (exact) mass is 250 g/mol. The first-order valence-electron chi connectivity index (χ1n) is 6.30. The maximum Gasteiger partial charge on any atom is 0.0659 e. The molecule has 96 valence electrons. The number of hydrazone groups is 1. The first-order chi connectivity index (χ1) is 9.29. The number of benzene rings is 2. The lowest BCUT2D eigenvalue weighted by Gasteiger charge is -2.15. The van der Waals surface area contributed by atoms with Gasteiger partial charge in [-0.05, 0) is 23.6 Å². The molecule has 0 heterocycles. The lowest BCUT2D eigenvalue weighted by molar-refractivity contribution is 0.397. The van der Waals surface area contributed by atoms with Gasteiger partial charge in [0.2, 0.25) is 0 Å². The molecule has 2 aromatic carbocycles. The van der Waals surface area contributed by atoms with Crippen LogP contribution in [0.4, 0.5) is 0 Å². The summed E-state index contributed by atoms with van der Waals surface area (Å²) in [6.45, 7) is 6.45. The molecule has 0 bridgehead atoms. The average molecular weight is 250 g/mol. The lowest BCUT2D eigenvalue weighted by atomic mass is 10.1. The van der Waals surface area contributed by atoms with Crippen LogP contribution in [0.5, 0.6) is 0 Å². The predicted octanol–water partition coefficient (Wildman–Crippen LogP) is 4.17. The third-order valence-electron chi connectivity index (χ3n) is 2.94. The van der Waals surface area contributed by atoms with E-state index in [1.807, 2.05) is 47.6 Å². The molecule has 0 N–H and O–H groups in total. The van der Waals surface area contributed by atoms with E-state index < -0.39 is 0 Å². The van der Waals surface area contributed by atoms with Crippen LogP contribution in [0.3, 0.4) is 0 Å². The van der Waals surface area contributed by atoms with Gasteiger partial charge in [0, 0.05) is 12.9 Å². The Bertz CT molecular complexity index is 544.